The third-order valence-corrected chi connectivity index (χ3v) is 3.59. The summed E-state index contributed by atoms with van der Waals surface area (Å²) >= 11 is 12.0. The molecule has 0 radical (unpaired) electrons. The van der Waals surface area contributed by atoms with Gasteiger partial charge in [-0.2, -0.15) is 15.0 Å². The smallest absolute Gasteiger partial charge is 0.230 e. The van der Waals surface area contributed by atoms with E-state index in [1.165, 1.54) is 0 Å². The first-order chi connectivity index (χ1) is 9.61. The lowest BCUT2D eigenvalue weighted by atomic mass is 10.2. The number of hydrogen-bond donors (Lipinski definition) is 1. The van der Waals surface area contributed by atoms with Crippen molar-refractivity contribution in [1.29, 1.82) is 0 Å². The Hall–Kier alpha value is -1.59. The van der Waals surface area contributed by atoms with Gasteiger partial charge in [-0.25, -0.2) is 0 Å². The number of benzene rings is 1. The van der Waals surface area contributed by atoms with E-state index in [9.17, 15) is 0 Å². The zero-order valence-electron chi connectivity index (χ0n) is 10.7. The molecule has 0 spiro atoms. The summed E-state index contributed by atoms with van der Waals surface area (Å²) in [4.78, 5) is 15.0. The van der Waals surface area contributed by atoms with E-state index < -0.39 is 0 Å². The van der Waals surface area contributed by atoms with Gasteiger partial charge in [0, 0.05) is 28.7 Å². The van der Waals surface area contributed by atoms with E-state index in [0.29, 0.717) is 21.8 Å². The molecule has 0 aliphatic carbocycles. The molecule has 3 rings (SSSR count). The SMILES string of the molecule is Nc1nc(-c2cc(Cl)cc(Cl)c2)nc(N2CCCC2)n1. The summed E-state index contributed by atoms with van der Waals surface area (Å²) in [6, 6.07) is 5.19. The summed E-state index contributed by atoms with van der Waals surface area (Å²) in [6.45, 7) is 1.89. The van der Waals surface area contributed by atoms with Gasteiger partial charge in [-0.1, -0.05) is 23.2 Å². The highest BCUT2D eigenvalue weighted by Crippen LogP contribution is 2.27. The van der Waals surface area contributed by atoms with Crippen molar-refractivity contribution in [3.05, 3.63) is 28.2 Å². The van der Waals surface area contributed by atoms with Crippen LogP contribution < -0.4 is 10.6 Å². The number of nitrogens with two attached hydrogens (primary N) is 1. The Balaban J connectivity index is 2.04. The standard InChI is InChI=1S/C13H13Cl2N5/c14-9-5-8(6-10(15)7-9)11-17-12(16)19-13(18-11)20-3-1-2-4-20/h5-7H,1-4H2,(H2,16,17,18,19). The molecule has 5 nitrogen and oxygen atoms in total. The van der Waals surface area contributed by atoms with E-state index in [4.69, 9.17) is 28.9 Å². The van der Waals surface area contributed by atoms with Crippen molar-refractivity contribution in [2.45, 2.75) is 12.8 Å². The van der Waals surface area contributed by atoms with Gasteiger partial charge in [0.05, 0.1) is 0 Å². The molecule has 0 unspecified atom stereocenters. The van der Waals surface area contributed by atoms with E-state index in [1.54, 1.807) is 18.2 Å². The molecule has 1 aliphatic heterocycles. The van der Waals surface area contributed by atoms with Crippen molar-refractivity contribution in [1.82, 2.24) is 15.0 Å². The summed E-state index contributed by atoms with van der Waals surface area (Å²) in [6.07, 6.45) is 2.29. The van der Waals surface area contributed by atoms with Crippen LogP contribution in [0.2, 0.25) is 10.0 Å². The van der Waals surface area contributed by atoms with E-state index in [2.05, 4.69) is 19.9 Å². The number of nitrogens with zero attached hydrogens (tertiary/aromatic N) is 4. The Morgan fingerprint density at radius 3 is 2.25 bits per heavy atom. The predicted octanol–water partition coefficient (Wildman–Crippen LogP) is 3.03. The fourth-order valence-corrected chi connectivity index (χ4v) is 2.78. The van der Waals surface area contributed by atoms with Gasteiger partial charge in [0.15, 0.2) is 5.82 Å². The average molecular weight is 310 g/mol. The van der Waals surface area contributed by atoms with E-state index in [-0.39, 0.29) is 5.95 Å². The van der Waals surface area contributed by atoms with Crippen molar-refractivity contribution in [3.63, 3.8) is 0 Å². The molecule has 1 aliphatic rings. The maximum absolute atomic E-state index is 6.01. The van der Waals surface area contributed by atoms with E-state index in [1.807, 2.05) is 0 Å². The molecule has 1 aromatic carbocycles. The van der Waals surface area contributed by atoms with Gasteiger partial charge >= 0.3 is 0 Å². The summed E-state index contributed by atoms with van der Waals surface area (Å²) in [5.41, 5.74) is 6.52. The molecule has 0 saturated carbocycles. The largest absolute Gasteiger partial charge is 0.368 e. The normalized spacial score (nSPS) is 14.8. The first-order valence-electron chi connectivity index (χ1n) is 6.35. The number of nitrogen functional groups attached to an aromatic ring is 1. The minimum absolute atomic E-state index is 0.202. The molecule has 1 fully saturated rings. The summed E-state index contributed by atoms with van der Waals surface area (Å²) < 4.78 is 0. The Kier molecular flexibility index (Phi) is 3.63. The van der Waals surface area contributed by atoms with Gasteiger partial charge < -0.3 is 10.6 Å². The van der Waals surface area contributed by atoms with Crippen LogP contribution in [0.25, 0.3) is 11.4 Å². The lowest BCUT2D eigenvalue weighted by molar-refractivity contribution is 0.887. The molecule has 104 valence electrons. The van der Waals surface area contributed by atoms with Crippen LogP contribution in [0.5, 0.6) is 0 Å². The highest BCUT2D eigenvalue weighted by Gasteiger charge is 2.17. The van der Waals surface area contributed by atoms with Crippen LogP contribution in [0.4, 0.5) is 11.9 Å². The number of aromatic nitrogens is 3. The highest BCUT2D eigenvalue weighted by molar-refractivity contribution is 6.35. The lowest BCUT2D eigenvalue weighted by Gasteiger charge is -2.15. The topological polar surface area (TPSA) is 67.9 Å². The molecule has 0 atom stereocenters. The van der Waals surface area contributed by atoms with Gasteiger partial charge in [-0.15, -0.1) is 0 Å². The monoisotopic (exact) mass is 309 g/mol. The third kappa shape index (κ3) is 2.78. The van der Waals surface area contributed by atoms with Gasteiger partial charge in [0.25, 0.3) is 0 Å². The molecule has 20 heavy (non-hydrogen) atoms. The molecule has 2 aromatic rings. The van der Waals surface area contributed by atoms with Gasteiger partial charge in [-0.05, 0) is 31.0 Å². The van der Waals surface area contributed by atoms with Crippen LogP contribution in [0.15, 0.2) is 18.2 Å². The first-order valence-corrected chi connectivity index (χ1v) is 7.10. The quantitative estimate of drug-likeness (QED) is 0.923. The summed E-state index contributed by atoms with van der Waals surface area (Å²) in [7, 11) is 0. The predicted molar refractivity (Wildman–Crippen MR) is 81.1 cm³/mol. The average Bonchev–Trinajstić information content (AvgIpc) is 2.90. The van der Waals surface area contributed by atoms with Gasteiger partial charge in [0.2, 0.25) is 11.9 Å². The summed E-state index contributed by atoms with van der Waals surface area (Å²) in [5.74, 6) is 1.30. The Morgan fingerprint density at radius 2 is 1.60 bits per heavy atom. The summed E-state index contributed by atoms with van der Waals surface area (Å²) in [5, 5.41) is 1.07. The van der Waals surface area contributed by atoms with Crippen LogP contribution in [0, 0.1) is 0 Å². The Bertz CT molecular complexity index is 620. The zero-order chi connectivity index (χ0) is 14.1. The number of hydrogen-bond acceptors (Lipinski definition) is 5. The number of halogens is 2. The van der Waals surface area contributed by atoms with Crippen LogP contribution in [-0.4, -0.2) is 28.0 Å². The van der Waals surface area contributed by atoms with Crippen molar-refractivity contribution in [2.24, 2.45) is 0 Å². The van der Waals surface area contributed by atoms with Crippen LogP contribution in [0.1, 0.15) is 12.8 Å². The maximum Gasteiger partial charge on any atom is 0.230 e. The molecule has 1 aromatic heterocycles. The fraction of sp³-hybridized carbons (Fsp3) is 0.308. The van der Waals surface area contributed by atoms with Gasteiger partial charge in [0.1, 0.15) is 0 Å². The number of anilines is 2. The first kappa shape index (κ1) is 13.4. The highest BCUT2D eigenvalue weighted by atomic mass is 35.5. The molecular formula is C13H13Cl2N5. The third-order valence-electron chi connectivity index (χ3n) is 3.15. The minimum Gasteiger partial charge on any atom is -0.368 e. The van der Waals surface area contributed by atoms with Crippen LogP contribution >= 0.6 is 23.2 Å². The molecule has 0 bridgehead atoms. The zero-order valence-corrected chi connectivity index (χ0v) is 12.2. The Morgan fingerprint density at radius 1 is 0.950 bits per heavy atom. The van der Waals surface area contributed by atoms with Gasteiger partial charge in [-0.3, -0.25) is 0 Å². The maximum atomic E-state index is 6.01. The molecule has 2 N–H and O–H groups in total. The van der Waals surface area contributed by atoms with Crippen molar-refractivity contribution >= 4 is 35.1 Å². The van der Waals surface area contributed by atoms with Crippen molar-refractivity contribution in [2.75, 3.05) is 23.7 Å². The van der Waals surface area contributed by atoms with Crippen molar-refractivity contribution in [3.8, 4) is 11.4 Å². The number of rotatable bonds is 2. The molecule has 7 heteroatoms. The van der Waals surface area contributed by atoms with E-state index in [0.717, 1.165) is 31.5 Å². The fourth-order valence-electron chi connectivity index (χ4n) is 2.25. The minimum atomic E-state index is 0.202. The van der Waals surface area contributed by atoms with Crippen LogP contribution in [-0.2, 0) is 0 Å². The lowest BCUT2D eigenvalue weighted by Crippen LogP contribution is -2.21. The molecular weight excluding hydrogens is 297 g/mol. The molecule has 2 heterocycles. The Labute approximate surface area is 126 Å². The van der Waals surface area contributed by atoms with E-state index >= 15 is 0 Å². The molecule has 0 amide bonds. The van der Waals surface area contributed by atoms with Crippen molar-refractivity contribution < 1.29 is 0 Å². The second-order valence-corrected chi connectivity index (χ2v) is 5.54. The van der Waals surface area contributed by atoms with Crippen LogP contribution in [0.3, 0.4) is 0 Å². The second-order valence-electron chi connectivity index (χ2n) is 4.67. The second kappa shape index (κ2) is 5.42. The molecule has 1 saturated heterocycles.